The first-order valence-electron chi connectivity index (χ1n) is 6.62. The van der Waals surface area contributed by atoms with Crippen LogP contribution in [-0.2, 0) is 0 Å². The van der Waals surface area contributed by atoms with E-state index in [4.69, 9.17) is 5.11 Å². The molecule has 1 aromatic heterocycles. The number of hydrogen-bond donors (Lipinski definition) is 4. The van der Waals surface area contributed by atoms with Crippen LogP contribution in [-0.4, -0.2) is 41.2 Å². The number of nitrogens with one attached hydrogen (secondary N) is 3. The number of aromatic nitrogens is 1. The minimum absolute atomic E-state index is 0.0384. The molecule has 0 atom stereocenters. The van der Waals surface area contributed by atoms with Gasteiger partial charge in [0.1, 0.15) is 0 Å². The summed E-state index contributed by atoms with van der Waals surface area (Å²) in [5.74, 6) is -1.08. The van der Waals surface area contributed by atoms with Crippen molar-refractivity contribution in [3.8, 4) is 0 Å². The van der Waals surface area contributed by atoms with E-state index >= 15 is 0 Å². The molecule has 1 aliphatic rings. The van der Waals surface area contributed by atoms with E-state index in [2.05, 4.69) is 20.9 Å². The number of aromatic carboxylic acids is 1. The Labute approximate surface area is 116 Å². The molecule has 4 N–H and O–H groups in total. The summed E-state index contributed by atoms with van der Waals surface area (Å²) in [4.78, 5) is 26.1. The molecule has 7 nitrogen and oxygen atoms in total. The van der Waals surface area contributed by atoms with Crippen molar-refractivity contribution in [3.63, 3.8) is 0 Å². The van der Waals surface area contributed by atoms with Gasteiger partial charge in [-0.2, -0.15) is 0 Å². The Hall–Kier alpha value is -2.15. The Bertz CT molecular complexity index is 488. The predicted octanol–water partition coefficient (Wildman–Crippen LogP) is 1.04. The van der Waals surface area contributed by atoms with E-state index in [0.29, 0.717) is 18.3 Å². The van der Waals surface area contributed by atoms with Crippen LogP contribution in [0.4, 0.5) is 10.5 Å². The molecule has 0 saturated heterocycles. The molecule has 0 aromatic carbocycles. The molecule has 20 heavy (non-hydrogen) atoms. The van der Waals surface area contributed by atoms with Crippen LogP contribution in [0.15, 0.2) is 18.5 Å². The van der Waals surface area contributed by atoms with Gasteiger partial charge >= 0.3 is 12.0 Å². The molecule has 1 heterocycles. The summed E-state index contributed by atoms with van der Waals surface area (Å²) in [5, 5.41) is 17.4. The topological polar surface area (TPSA) is 103 Å². The number of rotatable bonds is 7. The van der Waals surface area contributed by atoms with Crippen molar-refractivity contribution in [2.75, 3.05) is 18.4 Å². The lowest BCUT2D eigenvalue weighted by molar-refractivity contribution is 0.0696. The minimum Gasteiger partial charge on any atom is -0.478 e. The number of amides is 2. The van der Waals surface area contributed by atoms with Crippen molar-refractivity contribution in [1.29, 1.82) is 0 Å². The number of nitrogens with zero attached hydrogens (tertiary/aromatic N) is 1. The van der Waals surface area contributed by atoms with Crippen molar-refractivity contribution in [3.05, 3.63) is 24.0 Å². The van der Waals surface area contributed by atoms with Gasteiger partial charge in [-0.3, -0.25) is 4.98 Å². The van der Waals surface area contributed by atoms with Gasteiger partial charge in [0.15, 0.2) is 0 Å². The fourth-order valence-electron chi connectivity index (χ4n) is 1.68. The van der Waals surface area contributed by atoms with Gasteiger partial charge in [0.2, 0.25) is 0 Å². The number of anilines is 1. The molecule has 0 bridgehead atoms. The molecule has 108 valence electrons. The van der Waals surface area contributed by atoms with E-state index in [1.54, 1.807) is 0 Å². The summed E-state index contributed by atoms with van der Waals surface area (Å²) in [6, 6.07) is 1.68. The van der Waals surface area contributed by atoms with Crippen molar-refractivity contribution < 1.29 is 14.7 Å². The number of carboxylic acid groups (broad SMARTS) is 1. The van der Waals surface area contributed by atoms with E-state index < -0.39 is 5.97 Å². The summed E-state index contributed by atoms with van der Waals surface area (Å²) >= 11 is 0. The lowest BCUT2D eigenvalue weighted by Crippen LogP contribution is -2.31. The molecule has 0 unspecified atom stereocenters. The third-order valence-electron chi connectivity index (χ3n) is 2.89. The zero-order valence-electron chi connectivity index (χ0n) is 11.1. The molecule has 2 amide bonds. The second kappa shape index (κ2) is 6.85. The van der Waals surface area contributed by atoms with Crippen LogP contribution in [0.3, 0.4) is 0 Å². The highest BCUT2D eigenvalue weighted by Crippen LogP contribution is 2.18. The average molecular weight is 278 g/mol. The van der Waals surface area contributed by atoms with Crippen LogP contribution in [0.5, 0.6) is 0 Å². The lowest BCUT2D eigenvalue weighted by Gasteiger charge is -2.08. The molecule has 0 radical (unpaired) electrons. The number of carboxylic acids is 1. The first-order chi connectivity index (χ1) is 9.65. The maximum Gasteiger partial charge on any atom is 0.337 e. The smallest absolute Gasteiger partial charge is 0.337 e. The monoisotopic (exact) mass is 278 g/mol. The molecular weight excluding hydrogens is 260 g/mol. The molecule has 1 aromatic rings. The van der Waals surface area contributed by atoms with E-state index in [9.17, 15) is 9.59 Å². The maximum absolute atomic E-state index is 11.6. The quantitative estimate of drug-likeness (QED) is 0.558. The third-order valence-corrected chi connectivity index (χ3v) is 2.89. The van der Waals surface area contributed by atoms with Gasteiger partial charge in [-0.1, -0.05) is 0 Å². The van der Waals surface area contributed by atoms with Crippen LogP contribution in [0.25, 0.3) is 0 Å². The van der Waals surface area contributed by atoms with E-state index in [-0.39, 0.29) is 11.6 Å². The second-order valence-corrected chi connectivity index (χ2v) is 4.73. The molecule has 0 aliphatic heterocycles. The Balaban J connectivity index is 1.67. The SMILES string of the molecule is O=C(NCCCNC1CC1)Nc1cncc(C(=O)O)c1. The van der Waals surface area contributed by atoms with Gasteiger partial charge in [0.05, 0.1) is 17.4 Å². The van der Waals surface area contributed by atoms with Gasteiger partial charge in [-0.15, -0.1) is 0 Å². The summed E-state index contributed by atoms with van der Waals surface area (Å²) in [5.41, 5.74) is 0.398. The van der Waals surface area contributed by atoms with Crippen molar-refractivity contribution in [2.45, 2.75) is 25.3 Å². The highest BCUT2D eigenvalue weighted by atomic mass is 16.4. The Morgan fingerprint density at radius 2 is 2.10 bits per heavy atom. The van der Waals surface area contributed by atoms with Gasteiger partial charge < -0.3 is 21.1 Å². The van der Waals surface area contributed by atoms with Gasteiger partial charge in [-0.05, 0) is 31.9 Å². The molecule has 1 fully saturated rings. The predicted molar refractivity (Wildman–Crippen MR) is 73.9 cm³/mol. The van der Waals surface area contributed by atoms with Crippen molar-refractivity contribution >= 4 is 17.7 Å². The van der Waals surface area contributed by atoms with Crippen LogP contribution in [0.2, 0.25) is 0 Å². The Morgan fingerprint density at radius 3 is 2.80 bits per heavy atom. The fraction of sp³-hybridized carbons (Fsp3) is 0.462. The zero-order chi connectivity index (χ0) is 14.4. The largest absolute Gasteiger partial charge is 0.478 e. The summed E-state index contributed by atoms with van der Waals surface area (Å²) in [6.45, 7) is 1.46. The molecular formula is C13H18N4O3. The lowest BCUT2D eigenvalue weighted by atomic mass is 10.2. The van der Waals surface area contributed by atoms with E-state index in [1.807, 2.05) is 0 Å². The fourth-order valence-corrected chi connectivity index (χ4v) is 1.68. The normalized spacial score (nSPS) is 13.8. The number of urea groups is 1. The number of hydrogen-bond acceptors (Lipinski definition) is 4. The number of carbonyl (C=O) groups excluding carboxylic acids is 1. The van der Waals surface area contributed by atoms with Crippen LogP contribution >= 0.6 is 0 Å². The van der Waals surface area contributed by atoms with Gasteiger partial charge in [-0.25, -0.2) is 9.59 Å². The van der Waals surface area contributed by atoms with Crippen molar-refractivity contribution in [1.82, 2.24) is 15.6 Å². The van der Waals surface area contributed by atoms with E-state index in [0.717, 1.165) is 13.0 Å². The van der Waals surface area contributed by atoms with Gasteiger partial charge in [0.25, 0.3) is 0 Å². The number of carbonyl (C=O) groups is 2. The summed E-state index contributed by atoms with van der Waals surface area (Å²) in [7, 11) is 0. The standard InChI is InChI=1S/C13H18N4O3/c18-12(19)9-6-11(8-14-7-9)17-13(20)16-5-1-4-15-10-2-3-10/h6-8,10,15H,1-5H2,(H,18,19)(H2,16,17,20). The first kappa shape index (κ1) is 14.3. The Morgan fingerprint density at radius 1 is 1.30 bits per heavy atom. The minimum atomic E-state index is -1.08. The summed E-state index contributed by atoms with van der Waals surface area (Å²) < 4.78 is 0. The van der Waals surface area contributed by atoms with Crippen LogP contribution < -0.4 is 16.0 Å². The molecule has 2 rings (SSSR count). The van der Waals surface area contributed by atoms with E-state index in [1.165, 1.54) is 31.3 Å². The van der Waals surface area contributed by atoms with Crippen LogP contribution in [0.1, 0.15) is 29.6 Å². The zero-order valence-corrected chi connectivity index (χ0v) is 11.1. The highest BCUT2D eigenvalue weighted by Gasteiger charge is 2.19. The Kier molecular flexibility index (Phi) is 4.89. The number of pyridine rings is 1. The molecule has 1 aliphatic carbocycles. The maximum atomic E-state index is 11.6. The first-order valence-corrected chi connectivity index (χ1v) is 6.62. The third kappa shape index (κ3) is 4.85. The van der Waals surface area contributed by atoms with Crippen LogP contribution in [0, 0.1) is 0 Å². The average Bonchev–Trinajstić information content (AvgIpc) is 3.22. The molecule has 7 heteroatoms. The molecule has 1 saturated carbocycles. The second-order valence-electron chi connectivity index (χ2n) is 4.73. The van der Waals surface area contributed by atoms with Gasteiger partial charge in [0, 0.05) is 18.8 Å². The highest BCUT2D eigenvalue weighted by molar-refractivity contribution is 5.92. The molecule has 0 spiro atoms. The summed E-state index contributed by atoms with van der Waals surface area (Å²) in [6.07, 6.45) is 5.99. The van der Waals surface area contributed by atoms with Crippen molar-refractivity contribution in [2.24, 2.45) is 0 Å².